The number of halogens is 1. The van der Waals surface area contributed by atoms with Gasteiger partial charge in [0.2, 0.25) is 0 Å². The molecule has 0 spiro atoms. The minimum absolute atomic E-state index is 0. The highest BCUT2D eigenvalue weighted by molar-refractivity contribution is 5.85. The third kappa shape index (κ3) is 7.53. The summed E-state index contributed by atoms with van der Waals surface area (Å²) in [4.78, 5) is 11.9. The van der Waals surface area contributed by atoms with Crippen molar-refractivity contribution in [3.05, 3.63) is 23.8 Å². The molecule has 2 rings (SSSR count). The van der Waals surface area contributed by atoms with Crippen LogP contribution in [-0.2, 0) is 11.3 Å². The normalized spacial score (nSPS) is 14.7. The number of carbonyl (C=O) groups excluding carboxylic acids is 1. The van der Waals surface area contributed by atoms with Gasteiger partial charge in [0.1, 0.15) is 0 Å². The van der Waals surface area contributed by atoms with Crippen molar-refractivity contribution in [3.63, 3.8) is 0 Å². The molecule has 1 amide bonds. The van der Waals surface area contributed by atoms with E-state index >= 15 is 0 Å². The van der Waals surface area contributed by atoms with Gasteiger partial charge in [-0.2, -0.15) is 0 Å². The predicted molar refractivity (Wildman–Crippen MR) is 103 cm³/mol. The molecule has 5 nitrogen and oxygen atoms in total. The fraction of sp³-hybridized carbons (Fsp3) is 0.632. The topological polar surface area (TPSA) is 59.6 Å². The first-order valence-corrected chi connectivity index (χ1v) is 8.71. The molecule has 0 unspecified atom stereocenters. The van der Waals surface area contributed by atoms with E-state index in [0.717, 1.165) is 12.1 Å². The summed E-state index contributed by atoms with van der Waals surface area (Å²) in [6.45, 7) is 6.63. The second kappa shape index (κ2) is 9.88. The van der Waals surface area contributed by atoms with Crippen LogP contribution in [0.1, 0.15) is 52.0 Å². The van der Waals surface area contributed by atoms with Crippen LogP contribution in [0.25, 0.3) is 0 Å². The van der Waals surface area contributed by atoms with Crippen molar-refractivity contribution >= 4 is 18.3 Å². The Hall–Kier alpha value is -1.46. The second-order valence-corrected chi connectivity index (χ2v) is 7.43. The summed E-state index contributed by atoms with van der Waals surface area (Å²) < 4.78 is 11.0. The lowest BCUT2D eigenvalue weighted by Gasteiger charge is -2.21. The van der Waals surface area contributed by atoms with Crippen LogP contribution >= 0.6 is 12.4 Å². The number of ether oxygens (including phenoxy) is 2. The minimum atomic E-state index is -0.264. The Morgan fingerprint density at radius 2 is 1.88 bits per heavy atom. The molecule has 2 N–H and O–H groups in total. The highest BCUT2D eigenvalue weighted by atomic mass is 35.5. The number of hydrogen-bond acceptors (Lipinski definition) is 4. The summed E-state index contributed by atoms with van der Waals surface area (Å²) in [7, 11) is 1.62. The van der Waals surface area contributed by atoms with Crippen LogP contribution in [0.15, 0.2) is 18.2 Å². The van der Waals surface area contributed by atoms with Gasteiger partial charge in [0.05, 0.1) is 7.11 Å². The first-order chi connectivity index (χ1) is 11.4. The number of amides is 1. The summed E-state index contributed by atoms with van der Waals surface area (Å²) >= 11 is 0. The maximum atomic E-state index is 11.9. The number of benzene rings is 1. The number of nitrogens with one attached hydrogen (secondary N) is 2. The van der Waals surface area contributed by atoms with Crippen LogP contribution in [-0.4, -0.2) is 31.2 Å². The van der Waals surface area contributed by atoms with Crippen molar-refractivity contribution in [1.82, 2.24) is 10.6 Å². The highest BCUT2D eigenvalue weighted by Crippen LogP contribution is 2.28. The summed E-state index contributed by atoms with van der Waals surface area (Å²) in [6, 6.07) is 6.49. The van der Waals surface area contributed by atoms with Crippen LogP contribution in [0.5, 0.6) is 11.5 Å². The minimum Gasteiger partial charge on any atom is -0.493 e. The molecule has 25 heavy (non-hydrogen) atoms. The number of methoxy groups -OCH3 is 1. The van der Waals surface area contributed by atoms with Gasteiger partial charge in [0.15, 0.2) is 18.1 Å². The molecular formula is C19H31ClN2O3. The van der Waals surface area contributed by atoms with E-state index in [1.807, 2.05) is 39.0 Å². The number of carbonyl (C=O) groups is 1. The molecule has 1 aromatic carbocycles. The van der Waals surface area contributed by atoms with E-state index in [2.05, 4.69) is 10.6 Å². The van der Waals surface area contributed by atoms with E-state index in [1.54, 1.807) is 7.11 Å². The predicted octanol–water partition coefficient (Wildman–Crippen LogP) is 3.44. The smallest absolute Gasteiger partial charge is 0.258 e. The summed E-state index contributed by atoms with van der Waals surface area (Å²) in [6.07, 6.45) is 5.18. The Morgan fingerprint density at radius 1 is 1.20 bits per heavy atom. The molecule has 1 aliphatic rings. The molecule has 1 fully saturated rings. The Labute approximate surface area is 157 Å². The fourth-order valence-electron chi connectivity index (χ4n) is 2.93. The van der Waals surface area contributed by atoms with Crippen molar-refractivity contribution < 1.29 is 14.3 Å². The van der Waals surface area contributed by atoms with Crippen molar-refractivity contribution in [1.29, 1.82) is 0 Å². The lowest BCUT2D eigenvalue weighted by atomic mass is 10.1. The summed E-state index contributed by atoms with van der Waals surface area (Å²) in [5, 5.41) is 6.46. The third-order valence-electron chi connectivity index (χ3n) is 4.05. The zero-order valence-corrected chi connectivity index (χ0v) is 16.5. The molecule has 1 aromatic rings. The molecular weight excluding hydrogens is 340 g/mol. The maximum absolute atomic E-state index is 11.9. The molecule has 0 saturated heterocycles. The third-order valence-corrected chi connectivity index (χ3v) is 4.05. The molecule has 0 atom stereocenters. The van der Waals surface area contributed by atoms with Gasteiger partial charge in [-0.3, -0.25) is 4.79 Å². The zero-order chi connectivity index (χ0) is 17.6. The van der Waals surface area contributed by atoms with Gasteiger partial charge in [-0.05, 0) is 51.3 Å². The van der Waals surface area contributed by atoms with Gasteiger partial charge in [-0.1, -0.05) is 18.9 Å². The standard InChI is InChI=1S/C19H30N2O3.ClH/c1-19(2,3)21-18(22)13-24-16-10-9-14(11-17(16)23-4)12-20-15-7-5-6-8-15;/h9-11,15,20H,5-8,12-13H2,1-4H3,(H,21,22);1H. The van der Waals surface area contributed by atoms with Crippen molar-refractivity contribution in [2.24, 2.45) is 0 Å². The molecule has 0 radical (unpaired) electrons. The Morgan fingerprint density at radius 3 is 2.48 bits per heavy atom. The van der Waals surface area contributed by atoms with E-state index in [1.165, 1.54) is 25.7 Å². The monoisotopic (exact) mass is 370 g/mol. The largest absolute Gasteiger partial charge is 0.493 e. The Bertz CT molecular complexity index is 552. The molecule has 1 aliphatic carbocycles. The average molecular weight is 371 g/mol. The lowest BCUT2D eigenvalue weighted by Crippen LogP contribution is -2.43. The summed E-state index contributed by atoms with van der Waals surface area (Å²) in [5.74, 6) is 1.10. The van der Waals surface area contributed by atoms with Crippen molar-refractivity contribution in [3.8, 4) is 11.5 Å². The van der Waals surface area contributed by atoms with Crippen LogP contribution in [0.3, 0.4) is 0 Å². The van der Waals surface area contributed by atoms with Crippen molar-refractivity contribution in [2.75, 3.05) is 13.7 Å². The lowest BCUT2D eigenvalue weighted by molar-refractivity contribution is -0.124. The van der Waals surface area contributed by atoms with Gasteiger partial charge in [-0.25, -0.2) is 0 Å². The highest BCUT2D eigenvalue weighted by Gasteiger charge is 2.16. The van der Waals surface area contributed by atoms with Crippen LogP contribution in [0.2, 0.25) is 0 Å². The SMILES string of the molecule is COc1cc(CNC2CCCC2)ccc1OCC(=O)NC(C)(C)C.Cl. The van der Waals surface area contributed by atoms with E-state index < -0.39 is 0 Å². The molecule has 0 aliphatic heterocycles. The summed E-state index contributed by atoms with van der Waals surface area (Å²) in [5.41, 5.74) is 0.894. The first kappa shape index (κ1) is 21.6. The van der Waals surface area contributed by atoms with Crippen LogP contribution < -0.4 is 20.1 Å². The Kier molecular flexibility index (Phi) is 8.53. The Balaban J connectivity index is 0.00000312. The van der Waals surface area contributed by atoms with E-state index in [0.29, 0.717) is 17.5 Å². The van der Waals surface area contributed by atoms with Crippen LogP contribution in [0, 0.1) is 0 Å². The van der Waals surface area contributed by atoms with Crippen LogP contribution in [0.4, 0.5) is 0 Å². The van der Waals surface area contributed by atoms with E-state index in [9.17, 15) is 4.79 Å². The molecule has 0 heterocycles. The fourth-order valence-corrected chi connectivity index (χ4v) is 2.93. The molecule has 142 valence electrons. The maximum Gasteiger partial charge on any atom is 0.258 e. The second-order valence-electron chi connectivity index (χ2n) is 7.43. The van der Waals surface area contributed by atoms with Crippen molar-refractivity contribution in [2.45, 2.75) is 64.6 Å². The van der Waals surface area contributed by atoms with Gasteiger partial charge >= 0.3 is 0 Å². The number of rotatable bonds is 7. The molecule has 6 heteroatoms. The van der Waals surface area contributed by atoms with Gasteiger partial charge in [0.25, 0.3) is 5.91 Å². The van der Waals surface area contributed by atoms with E-state index in [4.69, 9.17) is 9.47 Å². The zero-order valence-electron chi connectivity index (χ0n) is 15.7. The van der Waals surface area contributed by atoms with Gasteiger partial charge < -0.3 is 20.1 Å². The molecule has 0 aromatic heterocycles. The average Bonchev–Trinajstić information content (AvgIpc) is 3.03. The van der Waals surface area contributed by atoms with E-state index in [-0.39, 0.29) is 30.5 Å². The molecule has 0 bridgehead atoms. The molecule has 1 saturated carbocycles. The van der Waals surface area contributed by atoms with Gasteiger partial charge in [-0.15, -0.1) is 12.4 Å². The quantitative estimate of drug-likeness (QED) is 0.771. The first-order valence-electron chi connectivity index (χ1n) is 8.71. The number of hydrogen-bond donors (Lipinski definition) is 2. The van der Waals surface area contributed by atoms with Gasteiger partial charge in [0, 0.05) is 18.1 Å².